The molecule has 0 aromatic rings. The summed E-state index contributed by atoms with van der Waals surface area (Å²) in [4.78, 5) is 12.5. The number of hydrogen-bond donors (Lipinski definition) is 0. The highest BCUT2D eigenvalue weighted by atomic mass is 16.5. The number of esters is 1. The summed E-state index contributed by atoms with van der Waals surface area (Å²) in [6.45, 7) is 2.27. The van der Waals surface area contributed by atoms with Gasteiger partial charge in [0.05, 0.1) is 0 Å². The van der Waals surface area contributed by atoms with E-state index in [-0.39, 0.29) is 12.1 Å². The van der Waals surface area contributed by atoms with Crippen molar-refractivity contribution in [2.45, 2.75) is 135 Å². The molecule has 0 heterocycles. The molecule has 2 fully saturated rings. The molecule has 180 valence electrons. The summed E-state index contributed by atoms with van der Waals surface area (Å²) in [5, 5.41) is 0. The second-order valence-electron chi connectivity index (χ2n) is 11.2. The molecule has 4 aliphatic carbocycles. The predicted molar refractivity (Wildman–Crippen MR) is 133 cm³/mol. The van der Waals surface area contributed by atoms with E-state index in [4.69, 9.17) is 4.74 Å². The van der Waals surface area contributed by atoms with Gasteiger partial charge in [0.15, 0.2) is 0 Å². The maximum atomic E-state index is 12.5. The van der Waals surface area contributed by atoms with Crippen LogP contribution in [0.4, 0.5) is 0 Å². The van der Waals surface area contributed by atoms with Crippen molar-refractivity contribution in [3.8, 4) is 0 Å². The summed E-state index contributed by atoms with van der Waals surface area (Å²) < 4.78 is 6.04. The zero-order valence-corrected chi connectivity index (χ0v) is 20.8. The van der Waals surface area contributed by atoms with Crippen molar-refractivity contribution in [1.82, 2.24) is 0 Å². The zero-order valence-electron chi connectivity index (χ0n) is 20.8. The Balaban J connectivity index is 1.15. The van der Waals surface area contributed by atoms with Crippen molar-refractivity contribution in [3.05, 3.63) is 23.3 Å². The molecule has 0 amide bonds. The molecule has 0 saturated heterocycles. The van der Waals surface area contributed by atoms with E-state index in [1.807, 2.05) is 5.57 Å². The third kappa shape index (κ3) is 6.09. The third-order valence-corrected chi connectivity index (χ3v) is 9.08. The summed E-state index contributed by atoms with van der Waals surface area (Å²) in [6.07, 6.45) is 29.4. The average molecular weight is 441 g/mol. The van der Waals surface area contributed by atoms with E-state index in [2.05, 4.69) is 19.1 Å². The van der Waals surface area contributed by atoms with Gasteiger partial charge in [-0.25, -0.2) is 0 Å². The Bertz CT molecular complexity index is 660. The van der Waals surface area contributed by atoms with Gasteiger partial charge in [0.25, 0.3) is 0 Å². The summed E-state index contributed by atoms with van der Waals surface area (Å²) >= 11 is 0. The summed E-state index contributed by atoms with van der Waals surface area (Å²) in [5.41, 5.74) is 3.52. The molecular weight excluding hydrogens is 392 g/mol. The SMILES string of the molecule is CCCCCCCCCCCCC(=O)OC1CCC2C3CCC4CCCCC4=C3C=CC12. The van der Waals surface area contributed by atoms with Gasteiger partial charge in [0.1, 0.15) is 6.10 Å². The Morgan fingerprint density at radius 1 is 0.875 bits per heavy atom. The lowest BCUT2D eigenvalue weighted by Crippen LogP contribution is -2.34. The van der Waals surface area contributed by atoms with E-state index in [9.17, 15) is 4.79 Å². The van der Waals surface area contributed by atoms with Gasteiger partial charge in [-0.1, -0.05) is 88.9 Å². The number of fused-ring (bicyclic) bond motifs is 4. The quantitative estimate of drug-likeness (QED) is 0.224. The first kappa shape index (κ1) is 24.1. The summed E-state index contributed by atoms with van der Waals surface area (Å²) in [6, 6.07) is 0. The van der Waals surface area contributed by atoms with Gasteiger partial charge in [-0.15, -0.1) is 0 Å². The van der Waals surface area contributed by atoms with Crippen LogP contribution in [-0.2, 0) is 9.53 Å². The zero-order chi connectivity index (χ0) is 22.2. The van der Waals surface area contributed by atoms with Crippen molar-refractivity contribution in [3.63, 3.8) is 0 Å². The van der Waals surface area contributed by atoms with Crippen molar-refractivity contribution < 1.29 is 9.53 Å². The van der Waals surface area contributed by atoms with E-state index in [1.54, 1.807) is 5.57 Å². The number of unbranched alkanes of at least 4 members (excludes halogenated alkanes) is 9. The number of rotatable bonds is 12. The maximum absolute atomic E-state index is 12.5. The van der Waals surface area contributed by atoms with E-state index >= 15 is 0 Å². The van der Waals surface area contributed by atoms with E-state index in [0.717, 1.165) is 30.6 Å². The highest BCUT2D eigenvalue weighted by Crippen LogP contribution is 2.53. The molecule has 32 heavy (non-hydrogen) atoms. The molecule has 0 aromatic carbocycles. The van der Waals surface area contributed by atoms with Gasteiger partial charge >= 0.3 is 5.97 Å². The lowest BCUT2D eigenvalue weighted by Gasteiger charge is -2.42. The van der Waals surface area contributed by atoms with Crippen LogP contribution in [0.1, 0.15) is 129 Å². The lowest BCUT2D eigenvalue weighted by atomic mass is 9.63. The molecular formula is C30H48O2. The minimum absolute atomic E-state index is 0.0590. The number of ether oxygens (including phenoxy) is 1. The molecule has 5 atom stereocenters. The minimum Gasteiger partial charge on any atom is -0.462 e. The van der Waals surface area contributed by atoms with Gasteiger partial charge < -0.3 is 4.74 Å². The molecule has 0 N–H and O–H groups in total. The van der Waals surface area contributed by atoms with Gasteiger partial charge in [0.2, 0.25) is 0 Å². The molecule has 4 rings (SSSR count). The number of carbonyl (C=O) groups is 1. The van der Waals surface area contributed by atoms with Crippen LogP contribution < -0.4 is 0 Å². The minimum atomic E-state index is 0.0590. The van der Waals surface area contributed by atoms with Crippen LogP contribution in [0.15, 0.2) is 23.3 Å². The van der Waals surface area contributed by atoms with E-state index < -0.39 is 0 Å². The Morgan fingerprint density at radius 3 is 2.41 bits per heavy atom. The molecule has 5 unspecified atom stereocenters. The van der Waals surface area contributed by atoms with Crippen LogP contribution in [0.5, 0.6) is 0 Å². The molecule has 0 bridgehead atoms. The first-order valence-corrected chi connectivity index (χ1v) is 14.4. The van der Waals surface area contributed by atoms with Crippen molar-refractivity contribution in [2.75, 3.05) is 0 Å². The van der Waals surface area contributed by atoms with Gasteiger partial charge in [-0.05, 0) is 74.7 Å². The van der Waals surface area contributed by atoms with Crippen LogP contribution in [0.25, 0.3) is 0 Å². The van der Waals surface area contributed by atoms with Crippen LogP contribution in [0.3, 0.4) is 0 Å². The second kappa shape index (κ2) is 12.4. The Kier molecular flexibility index (Phi) is 9.35. The summed E-state index contributed by atoms with van der Waals surface area (Å²) in [7, 11) is 0. The third-order valence-electron chi connectivity index (χ3n) is 9.08. The first-order valence-electron chi connectivity index (χ1n) is 14.4. The molecule has 2 nitrogen and oxygen atoms in total. The van der Waals surface area contributed by atoms with E-state index in [0.29, 0.717) is 12.3 Å². The largest absolute Gasteiger partial charge is 0.462 e. The number of carbonyl (C=O) groups excluding carboxylic acids is 1. The highest BCUT2D eigenvalue weighted by molar-refractivity contribution is 5.69. The average Bonchev–Trinajstić information content (AvgIpc) is 3.23. The monoisotopic (exact) mass is 440 g/mol. The molecule has 2 heteroatoms. The lowest BCUT2D eigenvalue weighted by molar-refractivity contribution is -0.150. The molecule has 4 aliphatic rings. The van der Waals surface area contributed by atoms with E-state index in [1.165, 1.54) is 103 Å². The van der Waals surface area contributed by atoms with Crippen molar-refractivity contribution in [1.29, 1.82) is 0 Å². The van der Waals surface area contributed by atoms with Gasteiger partial charge in [-0.3, -0.25) is 4.79 Å². The van der Waals surface area contributed by atoms with Crippen LogP contribution >= 0.6 is 0 Å². The maximum Gasteiger partial charge on any atom is 0.306 e. The number of allylic oxidation sites excluding steroid dienone is 3. The van der Waals surface area contributed by atoms with Gasteiger partial charge in [0, 0.05) is 12.3 Å². The fourth-order valence-corrected chi connectivity index (χ4v) is 7.32. The Morgan fingerprint density at radius 2 is 1.62 bits per heavy atom. The number of hydrogen-bond acceptors (Lipinski definition) is 2. The Labute approximate surface area is 197 Å². The standard InChI is InChI=1S/C30H48O2/c1-2-3-4-5-6-7-8-9-10-11-16-30(31)32-29-22-21-27-26-18-17-23-14-12-13-15-24(23)25(26)19-20-28(27)29/h19-20,23,26-29H,2-18,21-22H2,1H3. The highest BCUT2D eigenvalue weighted by Gasteiger charge is 2.46. The molecule has 2 saturated carbocycles. The van der Waals surface area contributed by atoms with Crippen LogP contribution in [-0.4, -0.2) is 12.1 Å². The second-order valence-corrected chi connectivity index (χ2v) is 11.2. The first-order chi connectivity index (χ1) is 15.8. The van der Waals surface area contributed by atoms with Crippen LogP contribution in [0, 0.1) is 23.7 Å². The fourth-order valence-electron chi connectivity index (χ4n) is 7.32. The molecule has 0 aromatic heterocycles. The topological polar surface area (TPSA) is 26.3 Å². The fraction of sp³-hybridized carbons (Fsp3) is 0.833. The summed E-state index contributed by atoms with van der Waals surface area (Å²) in [5.74, 6) is 2.89. The smallest absolute Gasteiger partial charge is 0.306 e. The molecule has 0 spiro atoms. The molecule has 0 radical (unpaired) electrons. The molecule has 0 aliphatic heterocycles. The van der Waals surface area contributed by atoms with Gasteiger partial charge in [-0.2, -0.15) is 0 Å². The van der Waals surface area contributed by atoms with Crippen molar-refractivity contribution in [2.24, 2.45) is 23.7 Å². The van der Waals surface area contributed by atoms with Crippen LogP contribution in [0.2, 0.25) is 0 Å². The Hall–Kier alpha value is -1.05. The predicted octanol–water partition coefficient (Wildman–Crippen LogP) is 8.70. The normalized spacial score (nSPS) is 31.2. The van der Waals surface area contributed by atoms with Crippen molar-refractivity contribution >= 4 is 5.97 Å².